The average molecular weight is 455 g/mol. The van der Waals surface area contributed by atoms with Gasteiger partial charge in [-0.15, -0.1) is 0 Å². The summed E-state index contributed by atoms with van der Waals surface area (Å²) in [6.45, 7) is 2.42. The summed E-state index contributed by atoms with van der Waals surface area (Å²) in [5.41, 5.74) is 1.93. The van der Waals surface area contributed by atoms with Crippen molar-refractivity contribution in [2.75, 3.05) is 29.0 Å². The Morgan fingerprint density at radius 1 is 0.906 bits per heavy atom. The number of hydrogen-bond donors (Lipinski definition) is 1. The van der Waals surface area contributed by atoms with Crippen LogP contribution in [0.3, 0.4) is 0 Å². The molecule has 1 amide bonds. The van der Waals surface area contributed by atoms with Gasteiger partial charge in [0.1, 0.15) is 24.7 Å². The van der Waals surface area contributed by atoms with Crippen molar-refractivity contribution in [3.8, 4) is 11.5 Å². The fourth-order valence-corrected chi connectivity index (χ4v) is 3.87. The van der Waals surface area contributed by atoms with E-state index in [0.29, 0.717) is 36.1 Å². The van der Waals surface area contributed by atoms with Gasteiger partial charge in [0.05, 0.1) is 18.6 Å². The summed E-state index contributed by atoms with van der Waals surface area (Å²) in [6.07, 6.45) is 1.07. The summed E-state index contributed by atoms with van der Waals surface area (Å²) in [7, 11) is -3.68. The van der Waals surface area contributed by atoms with E-state index in [1.54, 1.807) is 48.5 Å². The lowest BCUT2D eigenvalue weighted by Gasteiger charge is -2.22. The second-order valence-corrected chi connectivity index (χ2v) is 8.95. The van der Waals surface area contributed by atoms with Gasteiger partial charge in [0.15, 0.2) is 0 Å². The molecular formula is C24H26N2O5S. The largest absolute Gasteiger partial charge is 0.494 e. The number of carbonyl (C=O) groups excluding carboxylic acids is 1. The Kier molecular flexibility index (Phi) is 7.72. The first-order valence-electron chi connectivity index (χ1n) is 10.1. The smallest absolute Gasteiger partial charge is 0.245 e. The molecule has 168 valence electrons. The molecule has 0 aliphatic heterocycles. The van der Waals surface area contributed by atoms with Gasteiger partial charge in [0, 0.05) is 11.8 Å². The van der Waals surface area contributed by atoms with Crippen LogP contribution in [0.2, 0.25) is 0 Å². The SMILES string of the molecule is CCOc1cccc(NC(=O)CN(c2ccc(OCc3ccccc3)cc2)S(C)(=O)=O)c1. The number of ether oxygens (including phenoxy) is 2. The number of hydrogen-bond acceptors (Lipinski definition) is 5. The molecule has 3 aromatic carbocycles. The lowest BCUT2D eigenvalue weighted by molar-refractivity contribution is -0.114. The fourth-order valence-electron chi connectivity index (χ4n) is 3.01. The van der Waals surface area contributed by atoms with Crippen molar-refractivity contribution >= 4 is 27.3 Å². The normalized spacial score (nSPS) is 10.9. The summed E-state index contributed by atoms with van der Waals surface area (Å²) in [6, 6.07) is 23.2. The zero-order valence-electron chi connectivity index (χ0n) is 18.0. The van der Waals surface area contributed by atoms with Gasteiger partial charge in [0.25, 0.3) is 0 Å². The lowest BCUT2D eigenvalue weighted by atomic mass is 10.2. The summed E-state index contributed by atoms with van der Waals surface area (Å²) in [5.74, 6) is 0.757. The number of rotatable bonds is 10. The molecule has 0 aromatic heterocycles. The standard InChI is InChI=1S/C24H26N2O5S/c1-3-30-23-11-7-10-20(16-23)25-24(27)17-26(32(2,28)29)21-12-14-22(15-13-21)31-18-19-8-5-4-6-9-19/h4-16H,3,17-18H2,1-2H3,(H,25,27). The van der Waals surface area contributed by atoms with Gasteiger partial charge < -0.3 is 14.8 Å². The Morgan fingerprint density at radius 2 is 1.62 bits per heavy atom. The minimum atomic E-state index is -3.68. The Bertz CT molecular complexity index is 1130. The third kappa shape index (κ3) is 6.75. The number of nitrogens with zero attached hydrogens (tertiary/aromatic N) is 1. The lowest BCUT2D eigenvalue weighted by Crippen LogP contribution is -2.37. The third-order valence-electron chi connectivity index (χ3n) is 4.49. The van der Waals surface area contributed by atoms with Crippen LogP contribution in [0.15, 0.2) is 78.9 Å². The third-order valence-corrected chi connectivity index (χ3v) is 5.63. The Labute approximate surface area is 188 Å². The zero-order valence-corrected chi connectivity index (χ0v) is 18.8. The predicted molar refractivity (Wildman–Crippen MR) is 126 cm³/mol. The molecule has 3 rings (SSSR count). The van der Waals surface area contributed by atoms with Crippen LogP contribution in [-0.2, 0) is 21.4 Å². The molecule has 0 saturated heterocycles. The van der Waals surface area contributed by atoms with Crippen molar-refractivity contribution in [3.05, 3.63) is 84.4 Å². The Morgan fingerprint density at radius 3 is 2.28 bits per heavy atom. The zero-order chi connectivity index (χ0) is 23.0. The van der Waals surface area contributed by atoms with Crippen LogP contribution in [0.4, 0.5) is 11.4 Å². The highest BCUT2D eigenvalue weighted by Gasteiger charge is 2.21. The quantitative estimate of drug-likeness (QED) is 0.499. The summed E-state index contributed by atoms with van der Waals surface area (Å²) in [4.78, 5) is 12.6. The molecular weight excluding hydrogens is 428 g/mol. The molecule has 0 unspecified atom stereocenters. The van der Waals surface area contributed by atoms with Crippen LogP contribution in [0.1, 0.15) is 12.5 Å². The Balaban J connectivity index is 1.67. The van der Waals surface area contributed by atoms with Crippen molar-refractivity contribution in [3.63, 3.8) is 0 Å². The van der Waals surface area contributed by atoms with Gasteiger partial charge in [-0.05, 0) is 48.9 Å². The molecule has 0 bridgehead atoms. The first kappa shape index (κ1) is 23.1. The van der Waals surface area contributed by atoms with Gasteiger partial charge in [-0.25, -0.2) is 8.42 Å². The number of benzene rings is 3. The minimum Gasteiger partial charge on any atom is -0.494 e. The van der Waals surface area contributed by atoms with Gasteiger partial charge in [-0.3, -0.25) is 9.10 Å². The van der Waals surface area contributed by atoms with Gasteiger partial charge in [-0.1, -0.05) is 36.4 Å². The van der Waals surface area contributed by atoms with E-state index in [1.807, 2.05) is 37.3 Å². The van der Waals surface area contributed by atoms with Crippen LogP contribution >= 0.6 is 0 Å². The molecule has 0 spiro atoms. The first-order chi connectivity index (χ1) is 15.3. The Hall–Kier alpha value is -3.52. The molecule has 0 atom stereocenters. The van der Waals surface area contributed by atoms with Crippen LogP contribution in [0.25, 0.3) is 0 Å². The van der Waals surface area contributed by atoms with E-state index < -0.39 is 15.9 Å². The van der Waals surface area contributed by atoms with Gasteiger partial charge >= 0.3 is 0 Å². The highest BCUT2D eigenvalue weighted by Crippen LogP contribution is 2.23. The number of sulfonamides is 1. The maximum Gasteiger partial charge on any atom is 0.245 e. The second kappa shape index (κ2) is 10.7. The molecule has 1 N–H and O–H groups in total. The number of nitrogens with one attached hydrogen (secondary N) is 1. The van der Waals surface area contributed by atoms with E-state index in [1.165, 1.54) is 0 Å². The molecule has 0 aliphatic carbocycles. The maximum atomic E-state index is 12.6. The molecule has 7 nitrogen and oxygen atoms in total. The molecule has 3 aromatic rings. The van der Waals surface area contributed by atoms with E-state index >= 15 is 0 Å². The van der Waals surface area contributed by atoms with Crippen molar-refractivity contribution in [1.82, 2.24) is 0 Å². The van der Waals surface area contributed by atoms with Crippen molar-refractivity contribution in [2.45, 2.75) is 13.5 Å². The summed E-state index contributed by atoms with van der Waals surface area (Å²) >= 11 is 0. The van der Waals surface area contributed by atoms with Crippen molar-refractivity contribution in [1.29, 1.82) is 0 Å². The molecule has 0 saturated carbocycles. The van der Waals surface area contributed by atoms with E-state index in [9.17, 15) is 13.2 Å². The molecule has 0 heterocycles. The fraction of sp³-hybridized carbons (Fsp3) is 0.208. The first-order valence-corrected chi connectivity index (χ1v) is 12.0. The van der Waals surface area contributed by atoms with E-state index in [4.69, 9.17) is 9.47 Å². The highest BCUT2D eigenvalue weighted by atomic mass is 32.2. The molecule has 0 aliphatic rings. The number of carbonyl (C=O) groups is 1. The highest BCUT2D eigenvalue weighted by molar-refractivity contribution is 7.92. The van der Waals surface area contributed by atoms with Gasteiger partial charge in [0.2, 0.25) is 15.9 Å². The summed E-state index contributed by atoms with van der Waals surface area (Å²) in [5, 5.41) is 2.71. The second-order valence-electron chi connectivity index (χ2n) is 7.05. The molecule has 0 fully saturated rings. The number of amides is 1. The van der Waals surface area contributed by atoms with Crippen LogP contribution < -0.4 is 19.1 Å². The number of anilines is 2. The monoisotopic (exact) mass is 454 g/mol. The van der Waals surface area contributed by atoms with Crippen LogP contribution in [0.5, 0.6) is 11.5 Å². The van der Waals surface area contributed by atoms with Crippen LogP contribution in [0, 0.1) is 0 Å². The minimum absolute atomic E-state index is 0.359. The molecule has 32 heavy (non-hydrogen) atoms. The van der Waals surface area contributed by atoms with Crippen molar-refractivity contribution in [2.24, 2.45) is 0 Å². The van der Waals surface area contributed by atoms with Crippen molar-refractivity contribution < 1.29 is 22.7 Å². The molecule has 8 heteroatoms. The average Bonchev–Trinajstić information content (AvgIpc) is 2.77. The van der Waals surface area contributed by atoms with Crippen LogP contribution in [-0.4, -0.2) is 33.7 Å². The van der Waals surface area contributed by atoms with E-state index in [2.05, 4.69) is 5.32 Å². The van der Waals surface area contributed by atoms with E-state index in [0.717, 1.165) is 16.1 Å². The maximum absolute atomic E-state index is 12.6. The van der Waals surface area contributed by atoms with Gasteiger partial charge in [-0.2, -0.15) is 0 Å². The topological polar surface area (TPSA) is 84.9 Å². The predicted octanol–water partition coefficient (Wildman–Crippen LogP) is 4.07. The summed E-state index contributed by atoms with van der Waals surface area (Å²) < 4.78 is 36.9. The molecule has 0 radical (unpaired) electrons. The van der Waals surface area contributed by atoms with E-state index in [-0.39, 0.29) is 6.54 Å².